The van der Waals surface area contributed by atoms with E-state index < -0.39 is 23.6 Å². The van der Waals surface area contributed by atoms with Gasteiger partial charge >= 0.3 is 0 Å². The monoisotopic (exact) mass is 519 g/mol. The van der Waals surface area contributed by atoms with Gasteiger partial charge in [0.25, 0.3) is 11.1 Å². The number of amides is 3. The van der Waals surface area contributed by atoms with Crippen LogP contribution in [0.3, 0.4) is 0 Å². The van der Waals surface area contributed by atoms with Crippen molar-refractivity contribution in [3.8, 4) is 23.0 Å². The Labute approximate surface area is 216 Å². The van der Waals surface area contributed by atoms with Gasteiger partial charge in [-0.3, -0.25) is 24.3 Å². The normalized spacial score (nSPS) is 15.3. The van der Waals surface area contributed by atoms with E-state index in [2.05, 4.69) is 10.3 Å². The maximum absolute atomic E-state index is 12.9. The summed E-state index contributed by atoms with van der Waals surface area (Å²) >= 11 is 0.770. The molecule has 3 aromatic rings. The van der Waals surface area contributed by atoms with E-state index in [1.165, 1.54) is 7.11 Å². The Morgan fingerprint density at radius 1 is 1.08 bits per heavy atom. The lowest BCUT2D eigenvalue weighted by atomic mass is 10.2. The molecule has 2 aromatic carbocycles. The van der Waals surface area contributed by atoms with Gasteiger partial charge in [0.05, 0.1) is 12.0 Å². The van der Waals surface area contributed by atoms with E-state index in [1.54, 1.807) is 54.9 Å². The number of benzene rings is 2. The number of fused-ring (bicyclic) bond motifs is 1. The first-order valence-corrected chi connectivity index (χ1v) is 12.0. The second-order valence-electron chi connectivity index (χ2n) is 7.94. The molecular formula is C26H21N3O7S. The van der Waals surface area contributed by atoms with Crippen molar-refractivity contribution >= 4 is 40.6 Å². The van der Waals surface area contributed by atoms with Crippen molar-refractivity contribution in [3.63, 3.8) is 0 Å². The lowest BCUT2D eigenvalue weighted by molar-refractivity contribution is -0.127. The first-order valence-electron chi connectivity index (χ1n) is 11.1. The second kappa shape index (κ2) is 10.6. The molecule has 5 rings (SSSR count). The molecule has 11 heteroatoms. The van der Waals surface area contributed by atoms with Crippen LogP contribution in [-0.4, -0.2) is 47.4 Å². The van der Waals surface area contributed by atoms with Crippen LogP contribution < -0.4 is 24.3 Å². The van der Waals surface area contributed by atoms with Gasteiger partial charge in [0.1, 0.15) is 13.2 Å². The number of anilines is 1. The fraction of sp³-hybridized carbons (Fsp3) is 0.154. The number of ether oxygens (including phenoxy) is 4. The van der Waals surface area contributed by atoms with Gasteiger partial charge in [-0.1, -0.05) is 6.07 Å². The molecule has 0 aliphatic carbocycles. The summed E-state index contributed by atoms with van der Waals surface area (Å²) < 4.78 is 21.8. The smallest absolute Gasteiger partial charge is 0.294 e. The van der Waals surface area contributed by atoms with Crippen molar-refractivity contribution in [3.05, 3.63) is 77.0 Å². The molecule has 1 aromatic heterocycles. The first-order chi connectivity index (χ1) is 18.0. The summed E-state index contributed by atoms with van der Waals surface area (Å²) in [6, 6.07) is 13.8. The maximum atomic E-state index is 12.9. The average molecular weight is 520 g/mol. The molecule has 0 unspecified atom stereocenters. The Morgan fingerprint density at radius 2 is 1.89 bits per heavy atom. The predicted octanol–water partition coefficient (Wildman–Crippen LogP) is 4.07. The highest BCUT2D eigenvalue weighted by Gasteiger charge is 2.36. The number of thioether (sulfide) groups is 1. The minimum Gasteiger partial charge on any atom is -0.493 e. The summed E-state index contributed by atoms with van der Waals surface area (Å²) in [5.41, 5.74) is 2.07. The van der Waals surface area contributed by atoms with Crippen LogP contribution in [0.25, 0.3) is 6.08 Å². The lowest BCUT2D eigenvalue weighted by Gasteiger charge is -2.13. The van der Waals surface area contributed by atoms with Crippen molar-refractivity contribution in [1.82, 2.24) is 9.88 Å². The van der Waals surface area contributed by atoms with E-state index in [4.69, 9.17) is 18.9 Å². The van der Waals surface area contributed by atoms with Gasteiger partial charge < -0.3 is 24.3 Å². The van der Waals surface area contributed by atoms with Crippen LogP contribution in [0.1, 0.15) is 11.1 Å². The van der Waals surface area contributed by atoms with Crippen LogP contribution in [0.2, 0.25) is 0 Å². The molecule has 0 spiro atoms. The topological polar surface area (TPSA) is 116 Å². The van der Waals surface area contributed by atoms with Gasteiger partial charge in [-0.2, -0.15) is 0 Å². The number of nitrogens with zero attached hydrogens (tertiary/aromatic N) is 2. The lowest BCUT2D eigenvalue weighted by Crippen LogP contribution is -2.36. The zero-order valence-corrected chi connectivity index (χ0v) is 20.4. The number of hydrogen-bond acceptors (Lipinski definition) is 9. The second-order valence-corrected chi connectivity index (χ2v) is 8.93. The molecule has 2 aliphatic rings. The Hall–Kier alpha value is -4.51. The van der Waals surface area contributed by atoms with Crippen LogP contribution in [0.4, 0.5) is 10.5 Å². The van der Waals surface area contributed by atoms with Gasteiger partial charge in [-0.15, -0.1) is 0 Å². The van der Waals surface area contributed by atoms with Crippen molar-refractivity contribution in [2.24, 2.45) is 0 Å². The van der Waals surface area contributed by atoms with Crippen molar-refractivity contribution in [2.45, 2.75) is 6.61 Å². The Morgan fingerprint density at radius 3 is 2.70 bits per heavy atom. The minimum atomic E-state index is -0.548. The van der Waals surface area contributed by atoms with Gasteiger partial charge in [0.2, 0.25) is 12.7 Å². The molecule has 2 aliphatic heterocycles. The van der Waals surface area contributed by atoms with Crippen molar-refractivity contribution < 1.29 is 33.3 Å². The number of carbonyl (C=O) groups is 3. The van der Waals surface area contributed by atoms with Crippen molar-refractivity contribution in [2.75, 3.05) is 25.8 Å². The van der Waals surface area contributed by atoms with Crippen molar-refractivity contribution in [1.29, 1.82) is 0 Å². The Kier molecular flexibility index (Phi) is 6.95. The van der Waals surface area contributed by atoms with Crippen LogP contribution in [0, 0.1) is 0 Å². The van der Waals surface area contributed by atoms with Crippen LogP contribution >= 0.6 is 11.8 Å². The number of imide groups is 1. The molecule has 1 saturated heterocycles. The van der Waals surface area contributed by atoms with E-state index in [9.17, 15) is 14.4 Å². The number of methoxy groups -OCH3 is 1. The molecule has 0 atom stereocenters. The third-order valence-corrected chi connectivity index (χ3v) is 6.37. The third-order valence-electron chi connectivity index (χ3n) is 5.46. The highest BCUT2D eigenvalue weighted by molar-refractivity contribution is 8.18. The molecule has 37 heavy (non-hydrogen) atoms. The Balaban J connectivity index is 1.23. The zero-order valence-electron chi connectivity index (χ0n) is 19.6. The number of pyridine rings is 1. The van der Waals surface area contributed by atoms with Gasteiger partial charge in [-0.25, -0.2) is 0 Å². The molecule has 0 saturated carbocycles. The summed E-state index contributed by atoms with van der Waals surface area (Å²) in [7, 11) is 1.52. The highest BCUT2D eigenvalue weighted by atomic mass is 32.2. The molecule has 1 N–H and O–H groups in total. The predicted molar refractivity (Wildman–Crippen MR) is 135 cm³/mol. The summed E-state index contributed by atoms with van der Waals surface area (Å²) in [5.74, 6) is 1.04. The van der Waals surface area contributed by atoms with Crippen LogP contribution in [0.15, 0.2) is 65.8 Å². The summed E-state index contributed by atoms with van der Waals surface area (Å²) in [5, 5.41) is 2.14. The molecule has 10 nitrogen and oxygen atoms in total. The SMILES string of the molecule is COc1cc(/C=C2/SC(=O)N(CC(=O)Nc3ccc4c(c3)OCO4)C2=O)ccc1OCc1ccncc1. The summed E-state index contributed by atoms with van der Waals surface area (Å²) in [6.07, 6.45) is 4.95. The van der Waals surface area contributed by atoms with Gasteiger partial charge in [-0.05, 0) is 65.4 Å². The molecule has 3 heterocycles. The molecule has 3 amide bonds. The standard InChI is InChI=1S/C26H21N3O7S/c1-33-21-10-17(2-4-19(21)34-14-16-6-8-27-9-7-16)11-23-25(31)29(26(32)37-23)13-24(30)28-18-3-5-20-22(12-18)36-15-35-20/h2-12H,13-15H2,1H3,(H,28,30)/b23-11+. The Bertz CT molecular complexity index is 1390. The third kappa shape index (κ3) is 5.51. The van der Waals surface area contributed by atoms with Crippen LogP contribution in [0.5, 0.6) is 23.0 Å². The highest BCUT2D eigenvalue weighted by Crippen LogP contribution is 2.36. The molecule has 0 radical (unpaired) electrons. The minimum absolute atomic E-state index is 0.114. The van der Waals surface area contributed by atoms with E-state index in [0.717, 1.165) is 22.2 Å². The zero-order chi connectivity index (χ0) is 25.8. The number of carbonyl (C=O) groups excluding carboxylic acids is 3. The van der Waals surface area contributed by atoms with E-state index >= 15 is 0 Å². The molecule has 1 fully saturated rings. The molecular weight excluding hydrogens is 498 g/mol. The molecule has 188 valence electrons. The fourth-order valence-corrected chi connectivity index (χ4v) is 4.48. The fourth-order valence-electron chi connectivity index (χ4n) is 3.64. The van der Waals surface area contributed by atoms with E-state index in [1.807, 2.05) is 12.1 Å². The first kappa shape index (κ1) is 24.2. The van der Waals surface area contributed by atoms with Gasteiger partial charge in [0, 0.05) is 24.1 Å². The summed E-state index contributed by atoms with van der Waals surface area (Å²) in [4.78, 5) is 43.0. The largest absolute Gasteiger partial charge is 0.493 e. The van der Waals surface area contributed by atoms with Crippen LogP contribution in [-0.2, 0) is 16.2 Å². The maximum Gasteiger partial charge on any atom is 0.294 e. The number of nitrogens with one attached hydrogen (secondary N) is 1. The number of rotatable bonds is 8. The number of aromatic nitrogens is 1. The molecule has 0 bridgehead atoms. The van der Waals surface area contributed by atoms with Gasteiger partial charge in [0.15, 0.2) is 23.0 Å². The van der Waals surface area contributed by atoms with E-state index in [0.29, 0.717) is 40.9 Å². The van der Waals surface area contributed by atoms with E-state index in [-0.39, 0.29) is 11.7 Å². The average Bonchev–Trinajstić information content (AvgIpc) is 3.48. The summed E-state index contributed by atoms with van der Waals surface area (Å²) in [6.45, 7) is 0.0378. The number of hydrogen-bond donors (Lipinski definition) is 1. The quantitative estimate of drug-likeness (QED) is 0.440.